The number of nitrogens with one attached hydrogen (secondary N) is 3. The molecule has 1 saturated carbocycles. The van der Waals surface area contributed by atoms with Crippen molar-refractivity contribution in [1.29, 1.82) is 0 Å². The number of sulfonamides is 1. The van der Waals surface area contributed by atoms with Crippen molar-refractivity contribution in [2.24, 2.45) is 0 Å². The van der Waals surface area contributed by atoms with E-state index in [-0.39, 0.29) is 21.8 Å². The maximum atomic E-state index is 13.0. The summed E-state index contributed by atoms with van der Waals surface area (Å²) in [5.74, 6) is 1.30. The van der Waals surface area contributed by atoms with Gasteiger partial charge < -0.3 is 20.3 Å². The van der Waals surface area contributed by atoms with E-state index >= 15 is 0 Å². The normalized spacial score (nSPS) is 15.9. The first-order valence-electron chi connectivity index (χ1n) is 12.6. The van der Waals surface area contributed by atoms with Gasteiger partial charge in [-0.15, -0.1) is 0 Å². The molecule has 3 N–H and O–H groups in total. The van der Waals surface area contributed by atoms with Crippen LogP contribution in [0.4, 0.5) is 28.8 Å². The summed E-state index contributed by atoms with van der Waals surface area (Å²) in [4.78, 5) is 11.3. The zero-order valence-corrected chi connectivity index (χ0v) is 22.3. The summed E-state index contributed by atoms with van der Waals surface area (Å²) in [6.07, 6.45) is 6.60. The quantitative estimate of drug-likeness (QED) is 0.310. The van der Waals surface area contributed by atoms with Gasteiger partial charge in [-0.2, -0.15) is 4.98 Å². The molecular weight excluding hydrogens is 512 g/mol. The number of aromatic nitrogens is 2. The fraction of sp³-hybridized carbons (Fsp3) is 0.385. The van der Waals surface area contributed by atoms with Gasteiger partial charge in [-0.25, -0.2) is 18.1 Å². The van der Waals surface area contributed by atoms with E-state index in [1.807, 2.05) is 19.1 Å². The third-order valence-electron chi connectivity index (χ3n) is 6.58. The average molecular weight is 543 g/mol. The minimum Gasteiger partial charge on any atom is -0.492 e. The number of anilines is 5. The molecule has 2 heterocycles. The Labute approximate surface area is 222 Å². The van der Waals surface area contributed by atoms with Crippen LogP contribution >= 0.6 is 11.6 Å². The summed E-state index contributed by atoms with van der Waals surface area (Å²) in [6.45, 7) is 4.55. The largest absolute Gasteiger partial charge is 0.492 e. The van der Waals surface area contributed by atoms with E-state index < -0.39 is 10.0 Å². The Morgan fingerprint density at radius 3 is 2.57 bits per heavy atom. The van der Waals surface area contributed by atoms with Crippen LogP contribution in [-0.2, 0) is 10.0 Å². The first-order valence-corrected chi connectivity index (χ1v) is 14.5. The number of nitrogens with zero attached hydrogens (tertiary/aromatic N) is 3. The van der Waals surface area contributed by atoms with E-state index in [0.29, 0.717) is 24.0 Å². The number of hydrogen-bond acceptors (Lipinski definition) is 8. The van der Waals surface area contributed by atoms with Crippen LogP contribution in [0.1, 0.15) is 39.0 Å². The van der Waals surface area contributed by atoms with Gasteiger partial charge >= 0.3 is 0 Å². The van der Waals surface area contributed by atoms with Gasteiger partial charge in [0.1, 0.15) is 15.7 Å². The number of ether oxygens (including phenoxy) is 1. The Morgan fingerprint density at radius 2 is 1.84 bits per heavy atom. The predicted octanol–water partition coefficient (Wildman–Crippen LogP) is 5.45. The van der Waals surface area contributed by atoms with Crippen molar-refractivity contribution in [3.05, 3.63) is 53.7 Å². The minimum atomic E-state index is -3.70. The lowest BCUT2D eigenvalue weighted by Crippen LogP contribution is -2.39. The van der Waals surface area contributed by atoms with Crippen LogP contribution < -0.4 is 25.0 Å². The molecule has 2 aliphatic rings. The molecule has 0 unspecified atom stereocenters. The van der Waals surface area contributed by atoms with E-state index in [1.54, 1.807) is 24.3 Å². The first kappa shape index (κ1) is 25.6. The second-order valence-electron chi connectivity index (χ2n) is 9.19. The van der Waals surface area contributed by atoms with Crippen LogP contribution in [-0.4, -0.2) is 44.1 Å². The number of para-hydroxylation sites is 1. The summed E-state index contributed by atoms with van der Waals surface area (Å²) < 4.78 is 34.7. The molecule has 196 valence electrons. The van der Waals surface area contributed by atoms with Crippen LogP contribution in [0.5, 0.6) is 5.75 Å². The van der Waals surface area contributed by atoms with E-state index in [1.165, 1.54) is 19.0 Å². The molecule has 2 fully saturated rings. The number of hydrogen-bond donors (Lipinski definition) is 3. The molecule has 1 aliphatic heterocycles. The summed E-state index contributed by atoms with van der Waals surface area (Å²) in [5.41, 5.74) is 2.23. The lowest BCUT2D eigenvalue weighted by molar-refractivity contribution is 0.342. The molecule has 3 aromatic rings. The van der Waals surface area contributed by atoms with Gasteiger partial charge in [0.05, 0.1) is 24.2 Å². The van der Waals surface area contributed by atoms with Crippen LogP contribution in [0.2, 0.25) is 5.02 Å². The molecule has 5 rings (SSSR count). The fourth-order valence-electron chi connectivity index (χ4n) is 4.44. The number of rotatable bonds is 10. The molecule has 1 saturated heterocycles. The van der Waals surface area contributed by atoms with Crippen molar-refractivity contribution in [2.45, 2.75) is 50.0 Å². The van der Waals surface area contributed by atoms with E-state index in [9.17, 15) is 8.42 Å². The summed E-state index contributed by atoms with van der Waals surface area (Å²) in [5, 5.41) is 6.57. The SMILES string of the molecule is CCOc1cc(N2CCCC2)ccc1Nc1ncc(Cl)c(Nc2ccccc2S(=O)(=O)NC2CCC2)n1. The van der Waals surface area contributed by atoms with Gasteiger partial charge in [-0.3, -0.25) is 0 Å². The van der Waals surface area contributed by atoms with Crippen LogP contribution in [0.25, 0.3) is 0 Å². The van der Waals surface area contributed by atoms with E-state index in [2.05, 4.69) is 36.3 Å². The minimum absolute atomic E-state index is 0.0205. The molecule has 0 bridgehead atoms. The Balaban J connectivity index is 1.38. The zero-order valence-electron chi connectivity index (χ0n) is 20.7. The topological polar surface area (TPSA) is 108 Å². The van der Waals surface area contributed by atoms with Crippen LogP contribution in [0.3, 0.4) is 0 Å². The van der Waals surface area contributed by atoms with Gasteiger partial charge in [0.25, 0.3) is 0 Å². The van der Waals surface area contributed by atoms with Crippen molar-refractivity contribution >= 4 is 50.5 Å². The van der Waals surface area contributed by atoms with Gasteiger partial charge in [-0.1, -0.05) is 30.2 Å². The van der Waals surface area contributed by atoms with Crippen molar-refractivity contribution in [3.8, 4) is 5.75 Å². The molecular formula is C26H31ClN6O3S. The average Bonchev–Trinajstić information content (AvgIpc) is 3.40. The molecule has 0 radical (unpaired) electrons. The van der Waals surface area contributed by atoms with Crippen LogP contribution in [0, 0.1) is 0 Å². The fourth-order valence-corrected chi connectivity index (χ4v) is 6.04. The lowest BCUT2D eigenvalue weighted by Gasteiger charge is -2.26. The molecule has 11 heteroatoms. The predicted molar refractivity (Wildman–Crippen MR) is 147 cm³/mol. The lowest BCUT2D eigenvalue weighted by atomic mass is 9.94. The highest BCUT2D eigenvalue weighted by Gasteiger charge is 2.26. The monoisotopic (exact) mass is 542 g/mol. The molecule has 0 atom stereocenters. The highest BCUT2D eigenvalue weighted by atomic mass is 35.5. The standard InChI is InChI=1S/C26H31ClN6O3S/c1-2-36-23-16-19(33-14-5-6-15-33)12-13-21(23)30-26-28-17-20(27)25(31-26)29-22-10-3-4-11-24(22)37(34,35)32-18-8-7-9-18/h3-4,10-13,16-18,32H,2,5-9,14-15H2,1H3,(H2,28,29,30,31). The number of halogens is 1. The second-order valence-corrected chi connectivity index (χ2v) is 11.3. The molecule has 1 aliphatic carbocycles. The van der Waals surface area contributed by atoms with Crippen molar-refractivity contribution in [3.63, 3.8) is 0 Å². The molecule has 0 spiro atoms. The summed E-state index contributed by atoms with van der Waals surface area (Å²) in [6, 6.07) is 12.7. The highest BCUT2D eigenvalue weighted by molar-refractivity contribution is 7.89. The maximum Gasteiger partial charge on any atom is 0.242 e. The number of benzene rings is 2. The molecule has 0 amide bonds. The Bertz CT molecular complexity index is 1360. The van der Waals surface area contributed by atoms with Gasteiger partial charge in [0.15, 0.2) is 5.82 Å². The molecule has 9 nitrogen and oxygen atoms in total. The second kappa shape index (κ2) is 11.1. The Morgan fingerprint density at radius 1 is 1.05 bits per heavy atom. The van der Waals surface area contributed by atoms with Gasteiger partial charge in [-0.05, 0) is 56.9 Å². The van der Waals surface area contributed by atoms with Crippen molar-refractivity contribution in [2.75, 3.05) is 35.2 Å². The summed E-state index contributed by atoms with van der Waals surface area (Å²) >= 11 is 6.40. The van der Waals surface area contributed by atoms with Gasteiger partial charge in [0.2, 0.25) is 16.0 Å². The third kappa shape index (κ3) is 5.92. The zero-order chi connectivity index (χ0) is 25.8. The smallest absolute Gasteiger partial charge is 0.242 e. The van der Waals surface area contributed by atoms with E-state index in [4.69, 9.17) is 16.3 Å². The Kier molecular flexibility index (Phi) is 7.68. The maximum absolute atomic E-state index is 13.0. The molecule has 37 heavy (non-hydrogen) atoms. The molecule has 2 aromatic carbocycles. The van der Waals surface area contributed by atoms with Crippen molar-refractivity contribution in [1.82, 2.24) is 14.7 Å². The van der Waals surface area contributed by atoms with Gasteiger partial charge in [0, 0.05) is 30.9 Å². The Hall–Kier alpha value is -3.08. The first-order chi connectivity index (χ1) is 17.9. The van der Waals surface area contributed by atoms with Crippen LogP contribution in [0.15, 0.2) is 53.6 Å². The highest BCUT2D eigenvalue weighted by Crippen LogP contribution is 2.34. The molecule has 1 aromatic heterocycles. The third-order valence-corrected chi connectivity index (χ3v) is 8.44. The van der Waals surface area contributed by atoms with E-state index in [0.717, 1.165) is 43.7 Å². The van der Waals surface area contributed by atoms with Crippen molar-refractivity contribution < 1.29 is 13.2 Å². The summed E-state index contributed by atoms with van der Waals surface area (Å²) in [7, 11) is -3.70.